The molecule has 2 aromatic rings. The standard InChI is InChI=1S/C13H17N2O4P/c1-4-18-20(17,19-5-2)11-9-14-12-8-10(3)6-7-15(12)13(11)16/h6-9H,4-5H2,1-3H3. The maximum absolute atomic E-state index is 12.6. The summed E-state index contributed by atoms with van der Waals surface area (Å²) >= 11 is 0. The lowest BCUT2D eigenvalue weighted by Gasteiger charge is -2.16. The van der Waals surface area contributed by atoms with E-state index in [9.17, 15) is 9.36 Å². The maximum atomic E-state index is 12.6. The molecular formula is C13H17N2O4P. The van der Waals surface area contributed by atoms with Gasteiger partial charge in [0.2, 0.25) is 0 Å². The average molecular weight is 296 g/mol. The molecule has 0 aliphatic carbocycles. The number of fused-ring (bicyclic) bond motifs is 1. The number of nitrogens with zero attached hydrogens (tertiary/aromatic N) is 2. The second-order valence-electron chi connectivity index (χ2n) is 4.21. The normalized spacial score (nSPS) is 11.9. The summed E-state index contributed by atoms with van der Waals surface area (Å²) in [6.07, 6.45) is 2.88. The number of pyridine rings is 1. The third kappa shape index (κ3) is 2.68. The Hall–Kier alpha value is -1.49. The van der Waals surface area contributed by atoms with Crippen molar-refractivity contribution >= 4 is 18.5 Å². The van der Waals surface area contributed by atoms with Crippen molar-refractivity contribution in [1.82, 2.24) is 9.38 Å². The zero-order valence-corrected chi connectivity index (χ0v) is 12.6. The number of hydrogen-bond acceptors (Lipinski definition) is 5. The van der Waals surface area contributed by atoms with Crippen molar-refractivity contribution in [3.05, 3.63) is 40.4 Å². The molecule has 2 rings (SSSR count). The summed E-state index contributed by atoms with van der Waals surface area (Å²) < 4.78 is 24.4. The first-order valence-electron chi connectivity index (χ1n) is 6.39. The Morgan fingerprint density at radius 3 is 2.55 bits per heavy atom. The van der Waals surface area contributed by atoms with Gasteiger partial charge < -0.3 is 9.05 Å². The molecule has 0 bridgehead atoms. The van der Waals surface area contributed by atoms with Crippen LogP contribution in [0, 0.1) is 6.92 Å². The van der Waals surface area contributed by atoms with Crippen LogP contribution >= 0.6 is 7.60 Å². The van der Waals surface area contributed by atoms with Crippen molar-refractivity contribution in [1.29, 1.82) is 0 Å². The monoisotopic (exact) mass is 296 g/mol. The lowest BCUT2D eigenvalue weighted by atomic mass is 10.3. The molecule has 0 fully saturated rings. The van der Waals surface area contributed by atoms with Gasteiger partial charge in [0.15, 0.2) is 0 Å². The smallest absolute Gasteiger partial charge is 0.305 e. The molecule has 0 saturated heterocycles. The van der Waals surface area contributed by atoms with E-state index in [2.05, 4.69) is 4.98 Å². The van der Waals surface area contributed by atoms with Crippen LogP contribution in [0.1, 0.15) is 19.4 Å². The summed E-state index contributed by atoms with van der Waals surface area (Å²) in [4.78, 5) is 16.6. The molecule has 0 aliphatic heterocycles. The number of rotatable bonds is 5. The number of hydrogen-bond donors (Lipinski definition) is 0. The Morgan fingerprint density at radius 2 is 1.95 bits per heavy atom. The minimum Gasteiger partial charge on any atom is -0.305 e. The van der Waals surface area contributed by atoms with Crippen molar-refractivity contribution < 1.29 is 13.6 Å². The molecule has 0 spiro atoms. The third-order valence-electron chi connectivity index (χ3n) is 2.74. The fraction of sp³-hybridized carbons (Fsp3) is 0.385. The van der Waals surface area contributed by atoms with Gasteiger partial charge in [0.05, 0.1) is 19.4 Å². The number of aromatic nitrogens is 2. The van der Waals surface area contributed by atoms with Gasteiger partial charge in [-0.05, 0) is 38.5 Å². The molecule has 0 amide bonds. The summed E-state index contributed by atoms with van der Waals surface area (Å²) in [7, 11) is -3.62. The summed E-state index contributed by atoms with van der Waals surface area (Å²) in [6.45, 7) is 5.67. The van der Waals surface area contributed by atoms with E-state index in [0.29, 0.717) is 5.65 Å². The van der Waals surface area contributed by atoms with Gasteiger partial charge in [-0.2, -0.15) is 0 Å². The Kier molecular flexibility index (Phi) is 4.38. The minimum absolute atomic E-state index is 0.0393. The lowest BCUT2D eigenvalue weighted by molar-refractivity contribution is 0.229. The molecule has 0 saturated carbocycles. The SMILES string of the molecule is CCOP(=O)(OCC)c1cnc2cc(C)ccn2c1=O. The van der Waals surface area contributed by atoms with Gasteiger partial charge in [-0.15, -0.1) is 0 Å². The largest absolute Gasteiger partial charge is 0.368 e. The van der Waals surface area contributed by atoms with Gasteiger partial charge in [-0.3, -0.25) is 13.8 Å². The first kappa shape index (κ1) is 14.9. The van der Waals surface area contributed by atoms with Crippen LogP contribution in [-0.2, 0) is 13.6 Å². The van der Waals surface area contributed by atoms with Crippen molar-refractivity contribution in [2.75, 3.05) is 13.2 Å². The van der Waals surface area contributed by atoms with E-state index >= 15 is 0 Å². The Morgan fingerprint density at radius 1 is 1.30 bits per heavy atom. The van der Waals surface area contributed by atoms with Crippen molar-refractivity contribution in [3.8, 4) is 0 Å². The molecule has 108 valence electrons. The summed E-state index contributed by atoms with van der Waals surface area (Å²) in [5.41, 5.74) is 1.06. The minimum atomic E-state index is -3.62. The zero-order chi connectivity index (χ0) is 14.8. The van der Waals surface area contributed by atoms with Crippen LogP contribution in [0.3, 0.4) is 0 Å². The highest BCUT2D eigenvalue weighted by molar-refractivity contribution is 7.62. The van der Waals surface area contributed by atoms with Crippen LogP contribution in [0.5, 0.6) is 0 Å². The van der Waals surface area contributed by atoms with Crippen molar-refractivity contribution in [3.63, 3.8) is 0 Å². The fourth-order valence-electron chi connectivity index (χ4n) is 1.87. The molecule has 6 nitrogen and oxygen atoms in total. The molecule has 0 aliphatic rings. The second kappa shape index (κ2) is 5.87. The first-order valence-corrected chi connectivity index (χ1v) is 7.93. The van der Waals surface area contributed by atoms with Crippen LogP contribution in [0.15, 0.2) is 29.3 Å². The highest BCUT2D eigenvalue weighted by Gasteiger charge is 2.31. The molecule has 0 aromatic carbocycles. The summed E-state index contributed by atoms with van der Waals surface area (Å²) in [5.74, 6) is 0. The van der Waals surface area contributed by atoms with Gasteiger partial charge in [0.1, 0.15) is 11.0 Å². The number of aryl methyl sites for hydroxylation is 1. The third-order valence-corrected chi connectivity index (χ3v) is 4.83. The zero-order valence-electron chi connectivity index (χ0n) is 11.7. The molecule has 2 aromatic heterocycles. The van der Waals surface area contributed by atoms with Crippen LogP contribution in [0.2, 0.25) is 0 Å². The first-order chi connectivity index (χ1) is 9.51. The van der Waals surface area contributed by atoms with Crippen LogP contribution in [-0.4, -0.2) is 22.6 Å². The van der Waals surface area contributed by atoms with E-state index in [4.69, 9.17) is 9.05 Å². The molecule has 0 atom stereocenters. The molecule has 0 radical (unpaired) electrons. The van der Waals surface area contributed by atoms with Gasteiger partial charge in [0, 0.05) is 6.20 Å². The second-order valence-corrected chi connectivity index (χ2v) is 6.21. The fourth-order valence-corrected chi connectivity index (χ4v) is 3.44. The van der Waals surface area contributed by atoms with E-state index in [1.165, 1.54) is 10.6 Å². The highest BCUT2D eigenvalue weighted by Crippen LogP contribution is 2.45. The summed E-state index contributed by atoms with van der Waals surface area (Å²) in [5, 5.41) is -0.0393. The molecule has 7 heteroatoms. The van der Waals surface area contributed by atoms with Gasteiger partial charge in [0.25, 0.3) is 5.56 Å². The van der Waals surface area contributed by atoms with Crippen molar-refractivity contribution in [2.24, 2.45) is 0 Å². The van der Waals surface area contributed by atoms with Gasteiger partial charge >= 0.3 is 7.60 Å². The van der Waals surface area contributed by atoms with Crippen LogP contribution < -0.4 is 10.9 Å². The molecule has 20 heavy (non-hydrogen) atoms. The highest BCUT2D eigenvalue weighted by atomic mass is 31.2. The van der Waals surface area contributed by atoms with Crippen LogP contribution in [0.4, 0.5) is 0 Å². The maximum Gasteiger partial charge on any atom is 0.368 e. The molecular weight excluding hydrogens is 279 g/mol. The predicted octanol–water partition coefficient (Wildman–Crippen LogP) is 1.89. The molecule has 0 unspecified atom stereocenters. The lowest BCUT2D eigenvalue weighted by Crippen LogP contribution is -2.32. The van der Waals surface area contributed by atoms with Crippen LogP contribution in [0.25, 0.3) is 5.65 Å². The van der Waals surface area contributed by atoms with E-state index in [1.54, 1.807) is 32.2 Å². The van der Waals surface area contributed by atoms with E-state index in [-0.39, 0.29) is 18.5 Å². The molecule has 0 N–H and O–H groups in total. The molecule has 2 heterocycles. The average Bonchev–Trinajstić information content (AvgIpc) is 2.39. The van der Waals surface area contributed by atoms with Gasteiger partial charge in [-0.25, -0.2) is 4.98 Å². The quantitative estimate of drug-likeness (QED) is 0.788. The van der Waals surface area contributed by atoms with E-state index in [1.807, 2.05) is 6.92 Å². The Balaban J connectivity index is 2.65. The summed E-state index contributed by atoms with van der Waals surface area (Å²) in [6, 6.07) is 3.56. The Labute approximate surface area is 116 Å². The van der Waals surface area contributed by atoms with Gasteiger partial charge in [-0.1, -0.05) is 0 Å². The topological polar surface area (TPSA) is 69.9 Å². The Bertz CT molecular complexity index is 716. The van der Waals surface area contributed by atoms with E-state index in [0.717, 1.165) is 5.56 Å². The van der Waals surface area contributed by atoms with E-state index < -0.39 is 13.2 Å². The van der Waals surface area contributed by atoms with Crippen molar-refractivity contribution in [2.45, 2.75) is 20.8 Å². The predicted molar refractivity (Wildman–Crippen MR) is 76.7 cm³/mol.